The molecule has 0 N–H and O–H groups in total. The number of fused-ring (bicyclic) bond motifs is 6. The minimum atomic E-state index is -3.00. The zero-order chi connectivity index (χ0) is 53.4. The van der Waals surface area contributed by atoms with Crippen molar-refractivity contribution in [3.63, 3.8) is 0 Å². The molecule has 10 nitrogen and oxygen atoms in total. The zero-order valence-corrected chi connectivity index (χ0v) is 47.3. The predicted molar refractivity (Wildman–Crippen MR) is 327 cm³/mol. The summed E-state index contributed by atoms with van der Waals surface area (Å²) in [4.78, 5) is 19.8. The molecule has 0 fully saturated rings. The van der Waals surface area contributed by atoms with Crippen LogP contribution in [-0.4, -0.2) is 23.4 Å². The van der Waals surface area contributed by atoms with E-state index in [9.17, 15) is 0 Å². The Morgan fingerprint density at radius 1 is 0.308 bits per heavy atom. The summed E-state index contributed by atoms with van der Waals surface area (Å²) < 4.78 is 0. The van der Waals surface area contributed by atoms with Crippen molar-refractivity contribution in [3.05, 3.63) is 270 Å². The molecule has 78 heavy (non-hydrogen) atoms. The molecule has 0 saturated carbocycles. The molecule has 388 valence electrons. The molecule has 0 radical (unpaired) electrons. The first-order valence-corrected chi connectivity index (χ1v) is 32.3. The molecule has 9 aromatic carbocycles. The van der Waals surface area contributed by atoms with Crippen LogP contribution in [0.25, 0.3) is 0 Å². The molecule has 0 atom stereocenters. The first kappa shape index (κ1) is 52.5. The topological polar surface area (TPSA) is 114 Å². The number of rotatable bonds is 6. The summed E-state index contributed by atoms with van der Waals surface area (Å²) >= 11 is 0. The Labute approximate surface area is 459 Å². The summed E-state index contributed by atoms with van der Waals surface area (Å²) in [5.74, 6) is 0. The molecule has 0 aliphatic carbocycles. The number of nitrogens with zero attached hydrogens (tertiary/aromatic N) is 10. The van der Waals surface area contributed by atoms with E-state index in [2.05, 4.69) is 269 Å². The number of benzene rings is 9. The fourth-order valence-corrected chi connectivity index (χ4v) is 23.4. The van der Waals surface area contributed by atoms with Crippen LogP contribution in [0.15, 0.2) is 282 Å². The van der Waals surface area contributed by atoms with E-state index in [1.54, 1.807) is 0 Å². The lowest BCUT2D eigenvalue weighted by Crippen LogP contribution is -2.40. The van der Waals surface area contributed by atoms with Crippen molar-refractivity contribution in [1.29, 1.82) is 0 Å². The number of hydrogen-bond acceptors (Lipinski definition) is 10. The lowest BCUT2D eigenvalue weighted by Gasteiger charge is -2.43. The van der Waals surface area contributed by atoms with Gasteiger partial charge in [0, 0.05) is 19.6 Å². The van der Waals surface area contributed by atoms with Crippen LogP contribution >= 0.6 is 21.2 Å². The maximum absolute atomic E-state index is 5.79. The molecule has 0 unspecified atom stereocenters. The molecule has 0 aromatic heterocycles. The normalized spacial score (nSPS) is 18.8. The van der Waals surface area contributed by atoms with Gasteiger partial charge in [0.2, 0.25) is 0 Å². The van der Waals surface area contributed by atoms with Gasteiger partial charge < -0.3 is 0 Å². The van der Waals surface area contributed by atoms with Crippen LogP contribution in [0.3, 0.4) is 0 Å². The van der Waals surface area contributed by atoms with E-state index < -0.39 is 26.6 Å². The maximum Gasteiger partial charge on any atom is 0.0949 e. The second-order valence-electron chi connectivity index (χ2n) is 20.8. The van der Waals surface area contributed by atoms with Crippen LogP contribution in [0.2, 0.25) is 0 Å². The Balaban J connectivity index is 1.34. The average Bonchev–Trinajstić information content (AvgIpc) is 3.63. The highest BCUT2D eigenvalue weighted by Gasteiger charge is 2.46. The fourth-order valence-electron chi connectivity index (χ4n) is 11.5. The van der Waals surface area contributed by atoms with Crippen molar-refractivity contribution >= 4 is 70.1 Å². The molecule has 9 aromatic rings. The van der Waals surface area contributed by atoms with E-state index in [0.29, 0.717) is 38.1 Å². The Morgan fingerprint density at radius 3 is 0.769 bits per heavy atom. The van der Waals surface area contributed by atoms with Gasteiger partial charge in [-0.15, -0.1) is 29.9 Å². The van der Waals surface area contributed by atoms with Gasteiger partial charge in [0.05, 0.1) is 38.2 Å². The van der Waals surface area contributed by atoms with E-state index in [-0.39, 0.29) is 0 Å². The van der Waals surface area contributed by atoms with E-state index in [1.165, 1.54) is 0 Å². The SMILES string of the molecule is Cc1cccc2c1N=NN=P(c1ccccc1)(c1ccccc1)CC1(C)CP(c3ccccc3)(c3ccccc3)=NN=Nc3c(C)cccc3CN(C2)Cc2cccc(C)c2N=NN=P(c2ccccc2)(c2ccccc2)C1. The standard InChI is InChI=1S/C65H63N10P3/c1-50-26-23-29-53-44-75-45-54-30-24-27-51(2)63(54)67-70-73-77(58-36-15-7-16-37-58,59-38-17-8-18-39-59)48-65(4,47-76(72-69-66-62(50)53,56-32-11-5-12-33-56)57-34-13-6-14-35-57)49-78(60-40-19-9-20-41-60,61-42-21-10-22-43-61)74-71-68-64-52(3)28-25-31-55(64)46-75/h5-43H,44-49H2,1-4H3. The third-order valence-electron chi connectivity index (χ3n) is 15.1. The van der Waals surface area contributed by atoms with E-state index in [0.717, 1.165) is 82.3 Å². The summed E-state index contributed by atoms with van der Waals surface area (Å²) in [5, 5.41) is 37.9. The van der Waals surface area contributed by atoms with Gasteiger partial charge in [0.1, 0.15) is 0 Å². The van der Waals surface area contributed by atoms with Crippen LogP contribution in [0.4, 0.5) is 17.1 Å². The lowest BCUT2D eigenvalue weighted by molar-refractivity contribution is 0.248. The molecule has 0 saturated heterocycles. The van der Waals surface area contributed by atoms with E-state index >= 15 is 0 Å². The smallest absolute Gasteiger partial charge is 0.0949 e. The minimum Gasteiger partial charge on any atom is -0.290 e. The first-order valence-electron chi connectivity index (χ1n) is 26.5. The van der Waals surface area contributed by atoms with Gasteiger partial charge in [-0.05, 0) is 126 Å². The Morgan fingerprint density at radius 2 is 0.538 bits per heavy atom. The minimum absolute atomic E-state index is 0.531. The van der Waals surface area contributed by atoms with Crippen LogP contribution < -0.4 is 31.8 Å². The second kappa shape index (κ2) is 23.2. The highest BCUT2D eigenvalue weighted by molar-refractivity contribution is 7.83. The number of aryl methyl sites for hydroxylation is 3. The third-order valence-corrected chi connectivity index (χ3v) is 26.8. The van der Waals surface area contributed by atoms with Gasteiger partial charge in [-0.1, -0.05) is 244 Å². The van der Waals surface area contributed by atoms with Crippen molar-refractivity contribution in [2.75, 3.05) is 18.5 Å². The lowest BCUT2D eigenvalue weighted by atomic mass is 9.99. The quantitative estimate of drug-likeness (QED) is 0.152. The summed E-state index contributed by atoms with van der Waals surface area (Å²) in [7, 11) is -9.00. The van der Waals surface area contributed by atoms with Gasteiger partial charge in [0.25, 0.3) is 0 Å². The van der Waals surface area contributed by atoms with Gasteiger partial charge in [-0.3, -0.25) is 4.90 Å². The maximum atomic E-state index is 5.79. The molecule has 2 bridgehead atoms. The number of hydrogen-bond donors (Lipinski definition) is 0. The molecule has 12 rings (SSSR count). The average molecular weight is 1080 g/mol. The highest BCUT2D eigenvalue weighted by atomic mass is 31.2. The molecule has 13 heteroatoms. The monoisotopic (exact) mass is 1080 g/mol. The van der Waals surface area contributed by atoms with E-state index in [1.807, 2.05) is 0 Å². The van der Waals surface area contributed by atoms with Crippen molar-refractivity contribution in [2.45, 2.75) is 47.3 Å². The molecule has 3 heterocycles. The first-order chi connectivity index (χ1) is 38.2. The Hall–Kier alpha value is -7.57. The van der Waals surface area contributed by atoms with Crippen molar-refractivity contribution < 1.29 is 0 Å². The Bertz CT molecular complexity index is 3300. The zero-order valence-electron chi connectivity index (χ0n) is 44.6. The van der Waals surface area contributed by atoms with Crippen molar-refractivity contribution in [1.82, 2.24) is 4.90 Å². The van der Waals surface area contributed by atoms with Crippen LogP contribution in [0.5, 0.6) is 0 Å². The van der Waals surface area contributed by atoms with Crippen LogP contribution in [-0.2, 0) is 19.6 Å². The summed E-state index contributed by atoms with van der Waals surface area (Å²) in [6.07, 6.45) is 1.69. The van der Waals surface area contributed by atoms with E-state index in [4.69, 9.17) is 45.6 Å². The summed E-state index contributed by atoms with van der Waals surface area (Å²) in [6.45, 7) is 10.4. The molecule has 0 amide bonds. The second-order valence-corrected chi connectivity index (χ2v) is 30.0. The molecule has 3 aliphatic heterocycles. The molecular formula is C65H63N10P3. The van der Waals surface area contributed by atoms with Crippen molar-refractivity contribution in [2.24, 2.45) is 51.0 Å². The van der Waals surface area contributed by atoms with Gasteiger partial charge in [-0.2, -0.15) is 0 Å². The van der Waals surface area contributed by atoms with Crippen LogP contribution in [0, 0.1) is 26.2 Å². The van der Waals surface area contributed by atoms with Crippen molar-refractivity contribution in [3.8, 4) is 0 Å². The summed E-state index contributed by atoms with van der Waals surface area (Å²) in [5.41, 5.74) is 7.84. The highest BCUT2D eigenvalue weighted by Crippen LogP contribution is 2.63. The van der Waals surface area contributed by atoms with Gasteiger partial charge >= 0.3 is 0 Å². The Kier molecular flexibility index (Phi) is 15.6. The largest absolute Gasteiger partial charge is 0.290 e. The molecule has 3 aliphatic rings. The molecule has 0 spiro atoms. The predicted octanol–water partition coefficient (Wildman–Crippen LogP) is 16.4. The van der Waals surface area contributed by atoms with Crippen LogP contribution in [0.1, 0.15) is 40.3 Å². The summed E-state index contributed by atoms with van der Waals surface area (Å²) in [6, 6.07) is 84.0. The molecular weight excluding hydrogens is 1010 g/mol. The fraction of sp³-hybridized carbons (Fsp3) is 0.169. The third kappa shape index (κ3) is 10.8. The van der Waals surface area contributed by atoms with Gasteiger partial charge in [0.15, 0.2) is 0 Å². The van der Waals surface area contributed by atoms with Gasteiger partial charge in [-0.25, -0.2) is 0 Å².